The molecule has 2 rings (SSSR count). The van der Waals surface area contributed by atoms with Crippen molar-refractivity contribution in [3.63, 3.8) is 0 Å². The van der Waals surface area contributed by atoms with E-state index in [1.54, 1.807) is 0 Å². The lowest BCUT2D eigenvalue weighted by Crippen LogP contribution is -2.10. The summed E-state index contributed by atoms with van der Waals surface area (Å²) < 4.78 is 0.998. The first-order valence-corrected chi connectivity index (χ1v) is 8.74. The Morgan fingerprint density at radius 3 is 2.81 bits per heavy atom. The molecule has 1 aromatic heterocycles. The van der Waals surface area contributed by atoms with Gasteiger partial charge in [0.25, 0.3) is 0 Å². The first kappa shape index (κ1) is 16.2. The van der Waals surface area contributed by atoms with Gasteiger partial charge in [-0.05, 0) is 24.6 Å². The minimum atomic E-state index is 0.0515. The first-order valence-electron chi connectivity index (χ1n) is 7.55. The molecule has 0 aliphatic heterocycles. The predicted octanol–water partition coefficient (Wildman–Crippen LogP) is 5.64. The number of carbonyl (C=O) groups is 1. The van der Waals surface area contributed by atoms with Gasteiger partial charge < -0.3 is 5.32 Å². The lowest BCUT2D eigenvalue weighted by atomic mass is 10.1. The summed E-state index contributed by atoms with van der Waals surface area (Å²) in [6.07, 6.45) is 7.69. The molecule has 0 unspecified atom stereocenters. The highest BCUT2D eigenvalue weighted by atomic mass is 35.5. The first-order chi connectivity index (χ1) is 10.2. The van der Waals surface area contributed by atoms with E-state index in [1.807, 2.05) is 18.2 Å². The van der Waals surface area contributed by atoms with Gasteiger partial charge in [-0.2, -0.15) is 0 Å². The van der Waals surface area contributed by atoms with E-state index in [0.717, 1.165) is 23.1 Å². The fourth-order valence-corrected chi connectivity index (χ4v) is 3.36. The van der Waals surface area contributed by atoms with Crippen LogP contribution in [0.5, 0.6) is 0 Å². The van der Waals surface area contributed by atoms with Gasteiger partial charge in [0.05, 0.1) is 10.2 Å². The van der Waals surface area contributed by atoms with Crippen molar-refractivity contribution < 1.29 is 4.79 Å². The van der Waals surface area contributed by atoms with Gasteiger partial charge in [0.1, 0.15) is 0 Å². The van der Waals surface area contributed by atoms with Crippen molar-refractivity contribution in [2.75, 3.05) is 5.32 Å². The van der Waals surface area contributed by atoms with E-state index in [2.05, 4.69) is 17.2 Å². The van der Waals surface area contributed by atoms with Crippen LogP contribution in [0, 0.1) is 0 Å². The molecule has 1 aromatic carbocycles. The number of thiazole rings is 1. The Kier molecular flexibility index (Phi) is 6.46. The van der Waals surface area contributed by atoms with E-state index in [9.17, 15) is 4.79 Å². The Balaban J connectivity index is 1.76. The number of nitrogens with zero attached hydrogens (tertiary/aromatic N) is 1. The van der Waals surface area contributed by atoms with Gasteiger partial charge in [0.15, 0.2) is 5.13 Å². The van der Waals surface area contributed by atoms with Gasteiger partial charge in [-0.1, -0.05) is 62.0 Å². The number of benzene rings is 1. The highest BCUT2D eigenvalue weighted by Gasteiger charge is 2.08. The molecule has 5 heteroatoms. The molecule has 0 saturated heterocycles. The van der Waals surface area contributed by atoms with E-state index < -0.39 is 0 Å². The third-order valence-electron chi connectivity index (χ3n) is 3.35. The number of amides is 1. The maximum atomic E-state index is 11.9. The largest absolute Gasteiger partial charge is 0.302 e. The van der Waals surface area contributed by atoms with Gasteiger partial charge in [-0.3, -0.25) is 4.79 Å². The van der Waals surface area contributed by atoms with Gasteiger partial charge >= 0.3 is 0 Å². The van der Waals surface area contributed by atoms with Crippen LogP contribution in [-0.4, -0.2) is 10.9 Å². The average molecular weight is 325 g/mol. The molecule has 0 atom stereocenters. The number of nitrogens with one attached hydrogen (secondary N) is 1. The summed E-state index contributed by atoms with van der Waals surface area (Å²) in [5, 5.41) is 4.22. The average Bonchev–Trinajstić information content (AvgIpc) is 2.83. The van der Waals surface area contributed by atoms with Crippen LogP contribution in [0.4, 0.5) is 5.13 Å². The van der Waals surface area contributed by atoms with E-state index in [4.69, 9.17) is 11.6 Å². The molecule has 21 heavy (non-hydrogen) atoms. The fraction of sp³-hybridized carbons (Fsp3) is 0.500. The van der Waals surface area contributed by atoms with Crippen molar-refractivity contribution in [3.05, 3.63) is 23.2 Å². The Morgan fingerprint density at radius 1 is 1.24 bits per heavy atom. The molecule has 114 valence electrons. The highest BCUT2D eigenvalue weighted by Crippen LogP contribution is 2.28. The molecule has 2 aromatic rings. The topological polar surface area (TPSA) is 42.0 Å². The summed E-state index contributed by atoms with van der Waals surface area (Å²) in [5.41, 5.74) is 0.874. The Hall–Kier alpha value is -1.13. The molecule has 1 N–H and O–H groups in total. The zero-order chi connectivity index (χ0) is 15.1. The van der Waals surface area contributed by atoms with Gasteiger partial charge in [-0.15, -0.1) is 0 Å². The predicted molar refractivity (Wildman–Crippen MR) is 91.3 cm³/mol. The third-order valence-corrected chi connectivity index (χ3v) is 4.52. The quantitative estimate of drug-likeness (QED) is 0.638. The third kappa shape index (κ3) is 5.29. The SMILES string of the molecule is CCCCCCCCC(=O)Nc1nc2ccc(Cl)cc2s1. The minimum absolute atomic E-state index is 0.0515. The lowest BCUT2D eigenvalue weighted by molar-refractivity contribution is -0.116. The lowest BCUT2D eigenvalue weighted by Gasteiger charge is -2.01. The van der Waals surface area contributed by atoms with Crippen molar-refractivity contribution in [3.8, 4) is 0 Å². The van der Waals surface area contributed by atoms with Crippen molar-refractivity contribution in [2.24, 2.45) is 0 Å². The molecular weight excluding hydrogens is 304 g/mol. The number of fused-ring (bicyclic) bond motifs is 1. The van der Waals surface area contributed by atoms with Crippen LogP contribution in [0.3, 0.4) is 0 Å². The maximum absolute atomic E-state index is 11.9. The van der Waals surface area contributed by atoms with Crippen LogP contribution in [0.25, 0.3) is 10.2 Å². The second kappa shape index (κ2) is 8.35. The molecule has 0 spiro atoms. The number of anilines is 1. The standard InChI is InChI=1S/C16H21ClN2OS/c1-2-3-4-5-6-7-8-15(20)19-16-18-13-10-9-12(17)11-14(13)21-16/h9-11H,2-8H2,1H3,(H,18,19,20). The number of rotatable bonds is 8. The van der Waals surface area contributed by atoms with Crippen LogP contribution in [0.15, 0.2) is 18.2 Å². The van der Waals surface area contributed by atoms with Crippen molar-refractivity contribution in [1.82, 2.24) is 4.98 Å². The number of unbranched alkanes of at least 4 members (excludes halogenated alkanes) is 5. The van der Waals surface area contributed by atoms with E-state index >= 15 is 0 Å². The summed E-state index contributed by atoms with van der Waals surface area (Å²) in [6, 6.07) is 5.56. The van der Waals surface area contributed by atoms with Crippen LogP contribution in [-0.2, 0) is 4.79 Å². The minimum Gasteiger partial charge on any atom is -0.302 e. The Bertz CT molecular complexity index is 597. The molecule has 1 amide bonds. The summed E-state index contributed by atoms with van der Waals surface area (Å²) in [5.74, 6) is 0.0515. The van der Waals surface area contributed by atoms with Crippen LogP contribution in [0.1, 0.15) is 51.9 Å². The van der Waals surface area contributed by atoms with Gasteiger partial charge in [0.2, 0.25) is 5.91 Å². The fourth-order valence-electron chi connectivity index (χ4n) is 2.20. The molecule has 3 nitrogen and oxygen atoms in total. The second-order valence-electron chi connectivity index (χ2n) is 5.20. The maximum Gasteiger partial charge on any atom is 0.226 e. The highest BCUT2D eigenvalue weighted by molar-refractivity contribution is 7.22. The smallest absolute Gasteiger partial charge is 0.226 e. The Morgan fingerprint density at radius 2 is 2.00 bits per heavy atom. The molecular formula is C16H21ClN2OS. The van der Waals surface area contributed by atoms with Crippen LogP contribution < -0.4 is 5.32 Å². The molecule has 0 radical (unpaired) electrons. The number of hydrogen-bond donors (Lipinski definition) is 1. The van der Waals surface area contributed by atoms with E-state index in [0.29, 0.717) is 16.6 Å². The van der Waals surface area contributed by atoms with Gasteiger partial charge in [0, 0.05) is 11.4 Å². The summed E-state index contributed by atoms with van der Waals surface area (Å²) in [4.78, 5) is 16.3. The molecule has 1 heterocycles. The number of carbonyl (C=O) groups excluding carboxylic acids is 1. The second-order valence-corrected chi connectivity index (χ2v) is 6.66. The van der Waals surface area contributed by atoms with Crippen molar-refractivity contribution in [1.29, 1.82) is 0 Å². The molecule has 0 bridgehead atoms. The zero-order valence-corrected chi connectivity index (χ0v) is 13.9. The molecule has 0 aliphatic rings. The van der Waals surface area contributed by atoms with Crippen molar-refractivity contribution >= 4 is 44.2 Å². The number of hydrogen-bond acceptors (Lipinski definition) is 3. The summed E-state index contributed by atoms with van der Waals surface area (Å²) in [6.45, 7) is 2.21. The zero-order valence-electron chi connectivity index (χ0n) is 12.3. The van der Waals surface area contributed by atoms with Gasteiger partial charge in [-0.25, -0.2) is 4.98 Å². The van der Waals surface area contributed by atoms with E-state index in [-0.39, 0.29) is 5.91 Å². The molecule has 0 saturated carbocycles. The van der Waals surface area contributed by atoms with Crippen molar-refractivity contribution in [2.45, 2.75) is 51.9 Å². The van der Waals surface area contributed by atoms with E-state index in [1.165, 1.54) is 37.0 Å². The number of aromatic nitrogens is 1. The number of halogens is 1. The van der Waals surface area contributed by atoms with Crippen LogP contribution >= 0.6 is 22.9 Å². The molecule has 0 aliphatic carbocycles. The summed E-state index contributed by atoms with van der Waals surface area (Å²) in [7, 11) is 0. The van der Waals surface area contributed by atoms with Crippen LogP contribution in [0.2, 0.25) is 5.02 Å². The Labute approximate surface area is 134 Å². The summed E-state index contributed by atoms with van der Waals surface area (Å²) >= 11 is 7.41. The molecule has 0 fully saturated rings. The normalized spacial score (nSPS) is 11.0. The monoisotopic (exact) mass is 324 g/mol.